The molecule has 1 aliphatic heterocycles. The molecule has 0 saturated carbocycles. The van der Waals surface area contributed by atoms with Crippen molar-refractivity contribution in [3.8, 4) is 16.8 Å². The second-order valence-electron chi connectivity index (χ2n) is 13.7. The fraction of sp³-hybridized carbons (Fsp3) is 0.111. The molecule has 3 heteroatoms. The number of aromatic nitrogens is 1. The summed E-state index contributed by atoms with van der Waals surface area (Å²) >= 11 is 1.93. The van der Waals surface area contributed by atoms with Crippen molar-refractivity contribution in [2.24, 2.45) is 0 Å². The summed E-state index contributed by atoms with van der Waals surface area (Å²) in [4.78, 5) is 2.45. The smallest absolute Gasteiger partial charge is 0.0596 e. The molecule has 0 saturated heterocycles. The van der Waals surface area contributed by atoms with E-state index in [4.69, 9.17) is 0 Å². The summed E-state index contributed by atoms with van der Waals surface area (Å²) < 4.78 is 5.29. The van der Waals surface area contributed by atoms with Crippen molar-refractivity contribution in [1.82, 2.24) is 4.57 Å². The number of hydrogen-bond donors (Lipinski definition) is 0. The zero-order chi connectivity index (χ0) is 32.0. The third-order valence-corrected chi connectivity index (χ3v) is 11.9. The number of hydrogen-bond acceptors (Lipinski definition) is 2. The molecule has 3 heterocycles. The highest BCUT2D eigenvalue weighted by atomic mass is 32.1. The average Bonchev–Trinajstić information content (AvgIpc) is 3.68. The fourth-order valence-electron chi connectivity index (χ4n) is 8.31. The molecule has 0 bridgehead atoms. The van der Waals surface area contributed by atoms with Crippen LogP contribution < -0.4 is 4.90 Å². The molecule has 6 aromatic carbocycles. The molecule has 48 heavy (non-hydrogen) atoms. The zero-order valence-corrected chi connectivity index (χ0v) is 27.8. The quantitative estimate of drug-likeness (QED) is 0.187. The minimum atomic E-state index is -0.184. The molecule has 1 aliphatic carbocycles. The standard InChI is InChI=1S/C45H34N2S/c1-45(2)37-27-30(29-21-24-33(25-22-29)46(31-13-5-3-6-14-31)32-15-7-4-8-16-32)23-26-40(37)47-39-19-11-9-18-35(39)42-43(47)38(45)28-36-34-17-10-12-20-41(34)48-44(36)42/h3-15,17-28,32H,16H2,1-2H3. The van der Waals surface area contributed by atoms with Crippen LogP contribution in [0.15, 0.2) is 152 Å². The van der Waals surface area contributed by atoms with Crippen LogP contribution in [0.4, 0.5) is 11.4 Å². The maximum atomic E-state index is 2.54. The molecule has 2 nitrogen and oxygen atoms in total. The zero-order valence-electron chi connectivity index (χ0n) is 27.0. The third-order valence-electron chi connectivity index (χ3n) is 10.7. The lowest BCUT2D eigenvalue weighted by molar-refractivity contribution is 0.631. The lowest BCUT2D eigenvalue weighted by atomic mass is 9.73. The van der Waals surface area contributed by atoms with Crippen LogP contribution in [0.2, 0.25) is 0 Å². The second-order valence-corrected chi connectivity index (χ2v) is 14.8. The fourth-order valence-corrected chi connectivity index (χ4v) is 9.55. The van der Waals surface area contributed by atoms with Crippen molar-refractivity contribution in [2.75, 3.05) is 4.90 Å². The van der Waals surface area contributed by atoms with E-state index in [9.17, 15) is 0 Å². The van der Waals surface area contributed by atoms with Crippen LogP contribution >= 0.6 is 11.3 Å². The SMILES string of the molecule is CC1(C)c2cc(-c3ccc(N(c4ccccc4)C4C=CC=CC4)cc3)ccc2-n2c3ccccc3c3c4sc5ccccc5c4cc1c32. The van der Waals surface area contributed by atoms with E-state index in [1.165, 1.54) is 81.3 Å². The molecule has 1 unspecified atom stereocenters. The third kappa shape index (κ3) is 3.91. The Morgan fingerprint density at radius 1 is 0.667 bits per heavy atom. The Balaban J connectivity index is 1.14. The number of thiophene rings is 1. The molecule has 0 N–H and O–H groups in total. The van der Waals surface area contributed by atoms with Gasteiger partial charge in [0.25, 0.3) is 0 Å². The first-order valence-corrected chi connectivity index (χ1v) is 17.7. The van der Waals surface area contributed by atoms with Crippen LogP contribution in [0.25, 0.3) is 58.8 Å². The van der Waals surface area contributed by atoms with Gasteiger partial charge in [-0.3, -0.25) is 0 Å². The number of anilines is 2. The summed E-state index contributed by atoms with van der Waals surface area (Å²) in [5.74, 6) is 0. The summed E-state index contributed by atoms with van der Waals surface area (Å²) in [5.41, 5.74) is 11.4. The Morgan fingerprint density at radius 2 is 1.40 bits per heavy atom. The van der Waals surface area contributed by atoms with Crippen LogP contribution in [0, 0.1) is 0 Å². The summed E-state index contributed by atoms with van der Waals surface area (Å²) in [5, 5.41) is 5.45. The highest BCUT2D eigenvalue weighted by Gasteiger charge is 2.36. The lowest BCUT2D eigenvalue weighted by Crippen LogP contribution is -2.29. The van der Waals surface area contributed by atoms with Gasteiger partial charge in [-0.15, -0.1) is 11.3 Å². The van der Waals surface area contributed by atoms with Gasteiger partial charge in [0.2, 0.25) is 0 Å². The van der Waals surface area contributed by atoms with E-state index in [0.29, 0.717) is 0 Å². The maximum Gasteiger partial charge on any atom is 0.0596 e. The van der Waals surface area contributed by atoms with Crippen molar-refractivity contribution < 1.29 is 0 Å². The number of fused-ring (bicyclic) bond motifs is 9. The Bertz CT molecular complexity index is 2610. The van der Waals surface area contributed by atoms with Crippen molar-refractivity contribution in [3.63, 3.8) is 0 Å². The first-order chi connectivity index (χ1) is 23.6. The molecule has 2 aromatic heterocycles. The number of para-hydroxylation sites is 2. The van der Waals surface area contributed by atoms with E-state index < -0.39 is 0 Å². The van der Waals surface area contributed by atoms with Gasteiger partial charge in [-0.1, -0.05) is 111 Å². The van der Waals surface area contributed by atoms with E-state index in [0.717, 1.165) is 6.42 Å². The predicted octanol–water partition coefficient (Wildman–Crippen LogP) is 12.5. The topological polar surface area (TPSA) is 8.17 Å². The first-order valence-electron chi connectivity index (χ1n) is 16.9. The predicted molar refractivity (Wildman–Crippen MR) is 206 cm³/mol. The molecule has 0 spiro atoms. The van der Waals surface area contributed by atoms with Crippen LogP contribution in [0.3, 0.4) is 0 Å². The molecular weight excluding hydrogens is 601 g/mol. The molecule has 8 aromatic rings. The van der Waals surface area contributed by atoms with Crippen LogP contribution in [0.1, 0.15) is 31.4 Å². The number of rotatable bonds is 4. The summed E-state index contributed by atoms with van der Waals surface area (Å²) in [7, 11) is 0. The van der Waals surface area contributed by atoms with Crippen molar-refractivity contribution in [1.29, 1.82) is 0 Å². The van der Waals surface area contributed by atoms with E-state index >= 15 is 0 Å². The van der Waals surface area contributed by atoms with E-state index in [1.54, 1.807) is 0 Å². The normalized spacial score (nSPS) is 16.2. The highest BCUT2D eigenvalue weighted by Crippen LogP contribution is 2.52. The molecule has 230 valence electrons. The molecular formula is C45H34N2S. The largest absolute Gasteiger partial charge is 0.334 e. The van der Waals surface area contributed by atoms with Gasteiger partial charge >= 0.3 is 0 Å². The molecule has 1 atom stereocenters. The van der Waals surface area contributed by atoms with Crippen molar-refractivity contribution in [2.45, 2.75) is 31.7 Å². The monoisotopic (exact) mass is 634 g/mol. The Labute approximate surface area is 284 Å². The number of allylic oxidation sites excluding steroid dienone is 2. The van der Waals surface area contributed by atoms with Crippen LogP contribution in [-0.2, 0) is 5.41 Å². The summed E-state index contributed by atoms with van der Waals surface area (Å²) in [6, 6.07) is 47.7. The Morgan fingerprint density at radius 3 is 2.21 bits per heavy atom. The van der Waals surface area contributed by atoms with Crippen LogP contribution in [0.5, 0.6) is 0 Å². The van der Waals surface area contributed by atoms with E-state index in [1.807, 2.05) is 11.3 Å². The summed E-state index contributed by atoms with van der Waals surface area (Å²) in [6.45, 7) is 4.83. The second kappa shape index (κ2) is 10.3. The van der Waals surface area contributed by atoms with Gasteiger partial charge in [0, 0.05) is 47.7 Å². The summed E-state index contributed by atoms with van der Waals surface area (Å²) in [6.07, 6.45) is 9.86. The van der Waals surface area contributed by atoms with Crippen molar-refractivity contribution >= 4 is 64.7 Å². The van der Waals surface area contributed by atoms with Crippen LogP contribution in [-0.4, -0.2) is 10.6 Å². The lowest BCUT2D eigenvalue weighted by Gasteiger charge is -2.35. The number of nitrogens with zero attached hydrogens (tertiary/aromatic N) is 2. The Hall–Kier alpha value is -5.38. The molecule has 2 aliphatic rings. The molecule has 0 fully saturated rings. The minimum absolute atomic E-state index is 0.184. The average molecular weight is 635 g/mol. The van der Waals surface area contributed by atoms with Gasteiger partial charge in [0.15, 0.2) is 0 Å². The maximum absolute atomic E-state index is 2.54. The van der Waals surface area contributed by atoms with Crippen molar-refractivity contribution in [3.05, 3.63) is 163 Å². The van der Waals surface area contributed by atoms with Gasteiger partial charge in [-0.25, -0.2) is 0 Å². The molecule has 0 radical (unpaired) electrons. The van der Waals surface area contributed by atoms with E-state index in [-0.39, 0.29) is 11.5 Å². The van der Waals surface area contributed by atoms with E-state index in [2.05, 4.69) is 175 Å². The van der Waals surface area contributed by atoms with Gasteiger partial charge < -0.3 is 9.47 Å². The molecule has 10 rings (SSSR count). The first kappa shape index (κ1) is 27.7. The minimum Gasteiger partial charge on any atom is -0.334 e. The highest BCUT2D eigenvalue weighted by molar-refractivity contribution is 7.26. The number of benzene rings is 6. The Kier molecular flexibility index (Phi) is 5.95. The van der Waals surface area contributed by atoms with Gasteiger partial charge in [-0.05, 0) is 83.3 Å². The van der Waals surface area contributed by atoms with Gasteiger partial charge in [-0.2, -0.15) is 0 Å². The van der Waals surface area contributed by atoms with Gasteiger partial charge in [0.1, 0.15) is 0 Å². The van der Waals surface area contributed by atoms with Gasteiger partial charge in [0.05, 0.1) is 22.8 Å². The molecule has 0 amide bonds.